The predicted octanol–water partition coefficient (Wildman–Crippen LogP) is 2.38. The molecule has 26 heavy (non-hydrogen) atoms. The fourth-order valence-corrected chi connectivity index (χ4v) is 4.44. The van der Waals surface area contributed by atoms with Crippen molar-refractivity contribution in [3.05, 3.63) is 53.7 Å². The normalized spacial score (nSPS) is 11.3. The van der Waals surface area contributed by atoms with Gasteiger partial charge in [-0.25, -0.2) is 13.1 Å². The molecule has 0 aliphatic carbocycles. The molecule has 8 nitrogen and oxygen atoms in total. The second-order valence-electron chi connectivity index (χ2n) is 5.35. The highest BCUT2D eigenvalue weighted by atomic mass is 32.2. The first-order chi connectivity index (χ1) is 12.5. The summed E-state index contributed by atoms with van der Waals surface area (Å²) in [6.07, 6.45) is 3.37. The maximum absolute atomic E-state index is 12.1. The lowest BCUT2D eigenvalue weighted by Gasteiger charge is -2.08. The van der Waals surface area contributed by atoms with E-state index in [1.807, 2.05) is 19.1 Å². The van der Waals surface area contributed by atoms with E-state index in [-0.39, 0.29) is 6.54 Å². The van der Waals surface area contributed by atoms with Gasteiger partial charge in [-0.05, 0) is 43.3 Å². The van der Waals surface area contributed by atoms with Crippen molar-refractivity contribution in [1.29, 1.82) is 0 Å². The van der Waals surface area contributed by atoms with Crippen LogP contribution in [-0.4, -0.2) is 36.7 Å². The Morgan fingerprint density at radius 1 is 0.962 bits per heavy atom. The van der Waals surface area contributed by atoms with E-state index in [4.69, 9.17) is 0 Å². The molecular weight excluding hydrogens is 372 g/mol. The summed E-state index contributed by atoms with van der Waals surface area (Å²) < 4.78 is 27.1. The summed E-state index contributed by atoms with van der Waals surface area (Å²) in [5.74, 6) is 1.17. The van der Waals surface area contributed by atoms with Gasteiger partial charge < -0.3 is 10.6 Å². The van der Waals surface area contributed by atoms with E-state index >= 15 is 0 Å². The van der Waals surface area contributed by atoms with Crippen molar-refractivity contribution < 1.29 is 8.42 Å². The number of hydrogen-bond donors (Lipinski definition) is 3. The van der Waals surface area contributed by atoms with Gasteiger partial charge in [-0.15, -0.1) is 21.5 Å². The van der Waals surface area contributed by atoms with Crippen LogP contribution in [0.25, 0.3) is 0 Å². The van der Waals surface area contributed by atoms with Crippen LogP contribution in [0.3, 0.4) is 0 Å². The average molecular weight is 390 g/mol. The molecule has 3 N–H and O–H groups in total. The molecule has 10 heteroatoms. The Morgan fingerprint density at radius 2 is 1.69 bits per heavy atom. The molecule has 0 spiro atoms. The van der Waals surface area contributed by atoms with Crippen molar-refractivity contribution >= 4 is 38.7 Å². The van der Waals surface area contributed by atoms with E-state index in [9.17, 15) is 8.42 Å². The third-order valence-electron chi connectivity index (χ3n) is 3.32. The van der Waals surface area contributed by atoms with E-state index in [1.165, 1.54) is 11.3 Å². The summed E-state index contributed by atoms with van der Waals surface area (Å²) >= 11 is 1.25. The molecule has 0 amide bonds. The third-order valence-corrected chi connectivity index (χ3v) is 6.27. The zero-order chi connectivity index (χ0) is 18.4. The maximum Gasteiger partial charge on any atom is 0.250 e. The Hall–Kier alpha value is -2.56. The lowest BCUT2D eigenvalue weighted by atomic mass is 10.4. The van der Waals surface area contributed by atoms with Crippen LogP contribution in [0.4, 0.5) is 17.3 Å². The minimum absolute atomic E-state index is 0.248. The van der Waals surface area contributed by atoms with Crippen LogP contribution in [0, 0.1) is 6.92 Å². The smallest absolute Gasteiger partial charge is 0.250 e. The molecule has 0 saturated heterocycles. The van der Waals surface area contributed by atoms with Crippen molar-refractivity contribution in [2.24, 2.45) is 0 Å². The quantitative estimate of drug-likeness (QED) is 0.507. The average Bonchev–Trinajstić information content (AvgIpc) is 3.08. The lowest BCUT2D eigenvalue weighted by molar-refractivity contribution is 0.585. The second-order valence-corrected chi connectivity index (χ2v) is 8.64. The number of aryl methyl sites for hydroxylation is 1. The van der Waals surface area contributed by atoms with E-state index in [0.29, 0.717) is 22.4 Å². The minimum atomic E-state index is -3.46. The summed E-state index contributed by atoms with van der Waals surface area (Å²) in [7, 11) is -3.46. The SMILES string of the molecule is Cc1ccc(S(=O)(=O)NCCNc2ccc(Nc3ccncc3)nn2)s1. The molecule has 0 aliphatic rings. The highest BCUT2D eigenvalue weighted by Gasteiger charge is 2.15. The molecule has 3 heterocycles. The topological polar surface area (TPSA) is 109 Å². The summed E-state index contributed by atoms with van der Waals surface area (Å²) in [4.78, 5) is 4.90. The molecule has 0 aliphatic heterocycles. The van der Waals surface area contributed by atoms with Crippen molar-refractivity contribution in [2.75, 3.05) is 23.7 Å². The first kappa shape index (κ1) is 18.2. The summed E-state index contributed by atoms with van der Waals surface area (Å²) in [5, 5.41) is 14.3. The molecular formula is C16H18N6O2S2. The van der Waals surface area contributed by atoms with Crippen molar-refractivity contribution in [2.45, 2.75) is 11.1 Å². The van der Waals surface area contributed by atoms with E-state index in [1.54, 1.807) is 36.7 Å². The third kappa shape index (κ3) is 4.97. The van der Waals surface area contributed by atoms with Crippen LogP contribution >= 0.6 is 11.3 Å². The van der Waals surface area contributed by atoms with Crippen molar-refractivity contribution in [1.82, 2.24) is 19.9 Å². The van der Waals surface area contributed by atoms with Gasteiger partial charge in [-0.1, -0.05) is 0 Å². The number of pyridine rings is 1. The van der Waals surface area contributed by atoms with Gasteiger partial charge in [0, 0.05) is 36.0 Å². The predicted molar refractivity (Wildman–Crippen MR) is 102 cm³/mol. The number of nitrogens with zero attached hydrogens (tertiary/aromatic N) is 3. The Labute approximate surface area is 155 Å². The molecule has 0 radical (unpaired) electrons. The number of thiophene rings is 1. The van der Waals surface area contributed by atoms with E-state index in [2.05, 4.69) is 30.5 Å². The maximum atomic E-state index is 12.1. The fraction of sp³-hybridized carbons (Fsp3) is 0.188. The fourth-order valence-electron chi connectivity index (χ4n) is 2.08. The highest BCUT2D eigenvalue weighted by Crippen LogP contribution is 2.20. The zero-order valence-electron chi connectivity index (χ0n) is 14.0. The van der Waals surface area contributed by atoms with Crippen LogP contribution in [0.15, 0.2) is 53.0 Å². The van der Waals surface area contributed by atoms with Gasteiger partial charge in [-0.2, -0.15) is 0 Å². The molecule has 136 valence electrons. The van der Waals surface area contributed by atoms with Crippen LogP contribution in [0.2, 0.25) is 0 Å². The zero-order valence-corrected chi connectivity index (χ0v) is 15.6. The standard InChI is InChI=1S/C16H18N6O2S2/c1-12-2-5-16(25-12)26(23,24)19-11-10-18-14-3-4-15(22-21-14)20-13-6-8-17-9-7-13/h2-9,19H,10-11H2,1H3,(H,18,21)(H,17,20,22). The van der Waals surface area contributed by atoms with Gasteiger partial charge in [0.25, 0.3) is 0 Å². The Morgan fingerprint density at radius 3 is 2.35 bits per heavy atom. The van der Waals surface area contributed by atoms with Gasteiger partial charge in [-0.3, -0.25) is 4.98 Å². The largest absolute Gasteiger partial charge is 0.367 e. The van der Waals surface area contributed by atoms with Gasteiger partial charge in [0.15, 0.2) is 5.82 Å². The summed E-state index contributed by atoms with van der Waals surface area (Å²) in [6, 6.07) is 10.6. The molecule has 0 bridgehead atoms. The Balaban J connectivity index is 1.46. The molecule has 0 aromatic carbocycles. The van der Waals surface area contributed by atoms with Crippen molar-refractivity contribution in [3.63, 3.8) is 0 Å². The van der Waals surface area contributed by atoms with Gasteiger partial charge in [0.1, 0.15) is 10.0 Å². The van der Waals surface area contributed by atoms with Crippen LogP contribution < -0.4 is 15.4 Å². The highest BCUT2D eigenvalue weighted by molar-refractivity contribution is 7.91. The van der Waals surface area contributed by atoms with E-state index < -0.39 is 10.0 Å². The van der Waals surface area contributed by atoms with Crippen LogP contribution in [0.5, 0.6) is 0 Å². The van der Waals surface area contributed by atoms with Crippen LogP contribution in [0.1, 0.15) is 4.88 Å². The Bertz CT molecular complexity index is 942. The van der Waals surface area contributed by atoms with Gasteiger partial charge in [0.2, 0.25) is 10.0 Å². The molecule has 3 aromatic heterocycles. The first-order valence-corrected chi connectivity index (χ1v) is 10.1. The molecule has 0 saturated carbocycles. The minimum Gasteiger partial charge on any atom is -0.367 e. The molecule has 0 fully saturated rings. The van der Waals surface area contributed by atoms with Crippen molar-refractivity contribution in [3.8, 4) is 0 Å². The number of nitrogens with one attached hydrogen (secondary N) is 3. The number of anilines is 3. The Kier molecular flexibility index (Phi) is 5.76. The number of hydrogen-bond acceptors (Lipinski definition) is 8. The van der Waals surface area contributed by atoms with Gasteiger partial charge in [0.05, 0.1) is 0 Å². The molecule has 3 rings (SSSR count). The number of aromatic nitrogens is 3. The molecule has 3 aromatic rings. The molecule has 0 unspecified atom stereocenters. The first-order valence-electron chi connectivity index (χ1n) is 7.84. The van der Waals surface area contributed by atoms with Crippen LogP contribution in [-0.2, 0) is 10.0 Å². The van der Waals surface area contributed by atoms with Gasteiger partial charge >= 0.3 is 0 Å². The summed E-state index contributed by atoms with van der Waals surface area (Å²) in [6.45, 7) is 2.52. The van der Waals surface area contributed by atoms with E-state index in [0.717, 1.165) is 10.6 Å². The second kappa shape index (κ2) is 8.21. The number of rotatable bonds is 8. The number of sulfonamides is 1. The summed E-state index contributed by atoms with van der Waals surface area (Å²) in [5.41, 5.74) is 0.869. The lowest BCUT2D eigenvalue weighted by Crippen LogP contribution is -2.28. The monoisotopic (exact) mass is 390 g/mol. The molecule has 0 atom stereocenters.